The van der Waals surface area contributed by atoms with Gasteiger partial charge in [-0.05, 0) is 30.7 Å². The first-order valence-electron chi connectivity index (χ1n) is 8.69. The first-order chi connectivity index (χ1) is 12.7. The minimum atomic E-state index is -0.308. The number of rotatable bonds is 10. The predicted octanol–water partition coefficient (Wildman–Crippen LogP) is 2.83. The van der Waals surface area contributed by atoms with E-state index in [0.717, 1.165) is 11.3 Å². The highest BCUT2D eigenvalue weighted by Crippen LogP contribution is 2.10. The molecule has 6 heteroatoms. The van der Waals surface area contributed by atoms with Crippen molar-refractivity contribution in [3.63, 3.8) is 0 Å². The van der Waals surface area contributed by atoms with Crippen LogP contribution < -0.4 is 4.74 Å². The summed E-state index contributed by atoms with van der Waals surface area (Å²) in [5.74, 6) is 0.344. The van der Waals surface area contributed by atoms with Crippen LogP contribution in [-0.4, -0.2) is 41.5 Å². The molecule has 0 aliphatic heterocycles. The number of hydrogen-bond donors (Lipinski definition) is 0. The van der Waals surface area contributed by atoms with E-state index in [9.17, 15) is 9.59 Å². The van der Waals surface area contributed by atoms with Gasteiger partial charge in [-0.25, -0.2) is 0 Å². The number of para-hydroxylation sites is 1. The molecule has 0 unspecified atom stereocenters. The molecule has 0 radical (unpaired) electrons. The van der Waals surface area contributed by atoms with Gasteiger partial charge in [0.1, 0.15) is 5.75 Å². The van der Waals surface area contributed by atoms with E-state index in [1.54, 1.807) is 24.2 Å². The molecule has 2 aromatic rings. The van der Waals surface area contributed by atoms with Crippen molar-refractivity contribution in [3.05, 3.63) is 60.4 Å². The average molecular weight is 356 g/mol. The maximum Gasteiger partial charge on any atom is 0.307 e. The summed E-state index contributed by atoms with van der Waals surface area (Å²) in [4.78, 5) is 29.9. The van der Waals surface area contributed by atoms with Crippen molar-refractivity contribution < 1.29 is 19.1 Å². The summed E-state index contributed by atoms with van der Waals surface area (Å²) in [6.07, 6.45) is 3.80. The van der Waals surface area contributed by atoms with Gasteiger partial charge in [0.15, 0.2) is 0 Å². The summed E-state index contributed by atoms with van der Waals surface area (Å²) >= 11 is 0. The number of benzene rings is 1. The molecule has 0 atom stereocenters. The highest BCUT2D eigenvalue weighted by atomic mass is 16.5. The van der Waals surface area contributed by atoms with Gasteiger partial charge in [0.25, 0.3) is 0 Å². The topological polar surface area (TPSA) is 68.7 Å². The normalized spacial score (nSPS) is 10.2. The van der Waals surface area contributed by atoms with Crippen molar-refractivity contribution in [2.45, 2.75) is 26.3 Å². The zero-order chi connectivity index (χ0) is 18.6. The van der Waals surface area contributed by atoms with Gasteiger partial charge in [0, 0.05) is 25.5 Å². The minimum Gasteiger partial charge on any atom is -0.493 e. The maximum absolute atomic E-state index is 12.6. The third-order valence-corrected chi connectivity index (χ3v) is 3.67. The summed E-state index contributed by atoms with van der Waals surface area (Å²) in [6, 6.07) is 13.1. The Morgan fingerprint density at radius 1 is 1.08 bits per heavy atom. The minimum absolute atomic E-state index is 0.0749. The van der Waals surface area contributed by atoms with E-state index in [2.05, 4.69) is 4.98 Å². The van der Waals surface area contributed by atoms with E-state index in [1.807, 2.05) is 42.5 Å². The Labute approximate surface area is 153 Å². The highest BCUT2D eigenvalue weighted by molar-refractivity contribution is 5.77. The quantitative estimate of drug-likeness (QED) is 0.612. The van der Waals surface area contributed by atoms with Crippen LogP contribution in [0.1, 0.15) is 25.3 Å². The van der Waals surface area contributed by atoms with Crippen molar-refractivity contribution >= 4 is 11.9 Å². The monoisotopic (exact) mass is 356 g/mol. The molecule has 0 saturated heterocycles. The van der Waals surface area contributed by atoms with Crippen LogP contribution in [0.3, 0.4) is 0 Å². The number of aromatic nitrogens is 1. The number of hydrogen-bond acceptors (Lipinski definition) is 5. The lowest BCUT2D eigenvalue weighted by molar-refractivity contribution is -0.144. The van der Waals surface area contributed by atoms with Crippen molar-refractivity contribution in [3.8, 4) is 5.75 Å². The van der Waals surface area contributed by atoms with E-state index >= 15 is 0 Å². The molecule has 1 heterocycles. The molecule has 0 aliphatic carbocycles. The number of nitrogens with zero attached hydrogens (tertiary/aromatic N) is 2. The maximum atomic E-state index is 12.6. The van der Waals surface area contributed by atoms with E-state index in [4.69, 9.17) is 9.47 Å². The first-order valence-corrected chi connectivity index (χ1v) is 8.69. The molecule has 0 aliphatic rings. The standard InChI is InChI=1S/C20H24N2O4/c1-2-25-20(24)10-13-22(16-17-7-6-12-21-15-17)19(23)11-14-26-18-8-4-3-5-9-18/h3-9,12,15H,2,10-11,13-14,16H2,1H3. The Balaban J connectivity index is 1.90. The zero-order valence-electron chi connectivity index (χ0n) is 15.0. The van der Waals surface area contributed by atoms with Gasteiger partial charge < -0.3 is 14.4 Å². The fourth-order valence-electron chi connectivity index (χ4n) is 2.39. The van der Waals surface area contributed by atoms with Crippen LogP contribution in [0.2, 0.25) is 0 Å². The van der Waals surface area contributed by atoms with Crippen molar-refractivity contribution in [1.82, 2.24) is 9.88 Å². The summed E-state index contributed by atoms with van der Waals surface area (Å²) in [6.45, 7) is 3.08. The molecular formula is C20H24N2O4. The molecule has 0 spiro atoms. The summed E-state index contributed by atoms with van der Waals surface area (Å²) in [7, 11) is 0. The molecule has 0 fully saturated rings. The van der Waals surface area contributed by atoms with Gasteiger partial charge in [0.2, 0.25) is 5.91 Å². The summed E-state index contributed by atoms with van der Waals surface area (Å²) in [5, 5.41) is 0. The second kappa shape index (κ2) is 10.9. The van der Waals surface area contributed by atoms with Crippen molar-refractivity contribution in [2.75, 3.05) is 19.8 Å². The van der Waals surface area contributed by atoms with Crippen molar-refractivity contribution in [1.29, 1.82) is 0 Å². The molecule has 26 heavy (non-hydrogen) atoms. The second-order valence-corrected chi connectivity index (χ2v) is 5.64. The van der Waals surface area contributed by atoms with E-state index in [1.165, 1.54) is 0 Å². The Hall–Kier alpha value is -2.89. The predicted molar refractivity (Wildman–Crippen MR) is 97.5 cm³/mol. The molecule has 6 nitrogen and oxygen atoms in total. The van der Waals surface area contributed by atoms with Gasteiger partial charge in [-0.15, -0.1) is 0 Å². The van der Waals surface area contributed by atoms with Gasteiger partial charge in [-0.2, -0.15) is 0 Å². The number of esters is 1. The van der Waals surface area contributed by atoms with E-state index < -0.39 is 0 Å². The average Bonchev–Trinajstić information content (AvgIpc) is 2.67. The Morgan fingerprint density at radius 2 is 1.88 bits per heavy atom. The van der Waals surface area contributed by atoms with Crippen LogP contribution >= 0.6 is 0 Å². The second-order valence-electron chi connectivity index (χ2n) is 5.64. The number of carbonyl (C=O) groups excluding carboxylic acids is 2. The third-order valence-electron chi connectivity index (χ3n) is 3.67. The summed E-state index contributed by atoms with van der Waals surface area (Å²) < 4.78 is 10.5. The van der Waals surface area contributed by atoms with Crippen molar-refractivity contribution in [2.24, 2.45) is 0 Å². The zero-order valence-corrected chi connectivity index (χ0v) is 15.0. The number of pyridine rings is 1. The largest absolute Gasteiger partial charge is 0.493 e. The van der Waals surface area contributed by atoms with Gasteiger partial charge in [-0.3, -0.25) is 14.6 Å². The molecule has 0 N–H and O–H groups in total. The fraction of sp³-hybridized carbons (Fsp3) is 0.350. The van der Waals surface area contributed by atoms with E-state index in [-0.39, 0.29) is 31.3 Å². The number of amides is 1. The molecule has 0 saturated carbocycles. The lowest BCUT2D eigenvalue weighted by atomic mass is 10.2. The molecular weight excluding hydrogens is 332 g/mol. The molecule has 1 aromatic heterocycles. The first kappa shape index (κ1) is 19.4. The number of ether oxygens (including phenoxy) is 2. The van der Waals surface area contributed by atoms with Crippen LogP contribution in [-0.2, 0) is 20.9 Å². The van der Waals surface area contributed by atoms with Crippen LogP contribution in [0.4, 0.5) is 0 Å². The lowest BCUT2D eigenvalue weighted by Crippen LogP contribution is -2.33. The highest BCUT2D eigenvalue weighted by Gasteiger charge is 2.16. The van der Waals surface area contributed by atoms with E-state index in [0.29, 0.717) is 19.7 Å². The fourth-order valence-corrected chi connectivity index (χ4v) is 2.39. The summed E-state index contributed by atoms with van der Waals surface area (Å²) in [5.41, 5.74) is 0.911. The van der Waals surface area contributed by atoms with Crippen LogP contribution in [0.5, 0.6) is 5.75 Å². The van der Waals surface area contributed by atoms with Crippen LogP contribution in [0, 0.1) is 0 Å². The molecule has 138 valence electrons. The van der Waals surface area contributed by atoms with Gasteiger partial charge in [-0.1, -0.05) is 24.3 Å². The smallest absolute Gasteiger partial charge is 0.307 e. The molecule has 2 rings (SSSR count). The molecule has 0 bridgehead atoms. The van der Waals surface area contributed by atoms with Crippen LogP contribution in [0.15, 0.2) is 54.9 Å². The number of carbonyl (C=O) groups is 2. The Bertz CT molecular complexity index is 677. The third kappa shape index (κ3) is 6.93. The lowest BCUT2D eigenvalue weighted by Gasteiger charge is -2.22. The molecule has 1 aromatic carbocycles. The SMILES string of the molecule is CCOC(=O)CCN(Cc1cccnc1)C(=O)CCOc1ccccc1. The van der Waals surface area contributed by atoms with Crippen LogP contribution in [0.25, 0.3) is 0 Å². The van der Waals surface area contributed by atoms with Gasteiger partial charge >= 0.3 is 5.97 Å². The Kier molecular flexibility index (Phi) is 8.12. The molecule has 1 amide bonds. The Morgan fingerprint density at radius 3 is 2.58 bits per heavy atom. The van der Waals surface area contributed by atoms with Gasteiger partial charge in [0.05, 0.1) is 26.1 Å².